The molecule has 1 aliphatic rings. The molecule has 2 heterocycles. The Morgan fingerprint density at radius 2 is 2.41 bits per heavy atom. The summed E-state index contributed by atoms with van der Waals surface area (Å²) in [6.45, 7) is 6.24. The summed E-state index contributed by atoms with van der Waals surface area (Å²) in [5.41, 5.74) is 1.16. The zero-order valence-electron chi connectivity index (χ0n) is 10.7. The lowest BCUT2D eigenvalue weighted by Gasteiger charge is -2.26. The Morgan fingerprint density at radius 3 is 3.00 bits per heavy atom. The van der Waals surface area contributed by atoms with Gasteiger partial charge < -0.3 is 10.1 Å². The molecular formula is C14H22N2O. The van der Waals surface area contributed by atoms with Gasteiger partial charge in [-0.1, -0.05) is 13.0 Å². The third-order valence-corrected chi connectivity index (χ3v) is 3.57. The Labute approximate surface area is 104 Å². The summed E-state index contributed by atoms with van der Waals surface area (Å²) in [4.78, 5) is 4.42. The summed E-state index contributed by atoms with van der Waals surface area (Å²) in [6, 6.07) is 6.60. The Hall–Kier alpha value is -0.930. The number of likely N-dealkylation sites (N-methyl/N-ethyl adjacent to an activating group) is 1. The predicted molar refractivity (Wildman–Crippen MR) is 68.9 cm³/mol. The normalized spacial score (nSPS) is 26.0. The number of hydrogen-bond donors (Lipinski definition) is 1. The molecule has 3 heteroatoms. The van der Waals surface area contributed by atoms with Crippen LogP contribution in [0.25, 0.3) is 0 Å². The summed E-state index contributed by atoms with van der Waals surface area (Å²) in [5.74, 6) is 0.608. The van der Waals surface area contributed by atoms with E-state index in [0.29, 0.717) is 18.1 Å². The van der Waals surface area contributed by atoms with Crippen LogP contribution in [0, 0.1) is 5.92 Å². The highest BCUT2D eigenvalue weighted by Gasteiger charge is 2.31. The SMILES string of the molecule is CCNC(Cc1ccccn1)C1CCOC1C. The topological polar surface area (TPSA) is 34.2 Å². The first kappa shape index (κ1) is 12.5. The molecule has 1 aromatic heterocycles. The molecule has 0 radical (unpaired) electrons. The minimum absolute atomic E-state index is 0.364. The van der Waals surface area contributed by atoms with Crippen LogP contribution in [0.15, 0.2) is 24.4 Å². The average molecular weight is 234 g/mol. The second kappa shape index (κ2) is 6.12. The van der Waals surface area contributed by atoms with Crippen LogP contribution in [-0.4, -0.2) is 30.3 Å². The maximum absolute atomic E-state index is 5.67. The first-order valence-electron chi connectivity index (χ1n) is 6.56. The fraction of sp³-hybridized carbons (Fsp3) is 0.643. The highest BCUT2D eigenvalue weighted by molar-refractivity contribution is 5.06. The van der Waals surface area contributed by atoms with E-state index in [4.69, 9.17) is 4.74 Å². The molecule has 1 fully saturated rings. The molecule has 3 unspecified atom stereocenters. The van der Waals surface area contributed by atoms with E-state index in [0.717, 1.165) is 31.7 Å². The molecule has 0 saturated carbocycles. The van der Waals surface area contributed by atoms with Crippen LogP contribution in [0.5, 0.6) is 0 Å². The van der Waals surface area contributed by atoms with Gasteiger partial charge >= 0.3 is 0 Å². The van der Waals surface area contributed by atoms with Crippen LogP contribution < -0.4 is 5.32 Å². The van der Waals surface area contributed by atoms with Crippen molar-refractivity contribution in [3.8, 4) is 0 Å². The molecule has 3 nitrogen and oxygen atoms in total. The standard InChI is InChI=1S/C14H22N2O/c1-3-15-14(13-7-9-17-11(13)2)10-12-6-4-5-8-16-12/h4-6,8,11,13-15H,3,7,9-10H2,1-2H3. The molecule has 1 N–H and O–H groups in total. The largest absolute Gasteiger partial charge is 0.378 e. The average Bonchev–Trinajstić information content (AvgIpc) is 2.76. The van der Waals surface area contributed by atoms with Crippen LogP contribution in [0.4, 0.5) is 0 Å². The van der Waals surface area contributed by atoms with Crippen molar-refractivity contribution >= 4 is 0 Å². The van der Waals surface area contributed by atoms with Crippen molar-refractivity contribution in [1.29, 1.82) is 0 Å². The number of nitrogens with one attached hydrogen (secondary N) is 1. The lowest BCUT2D eigenvalue weighted by Crippen LogP contribution is -2.41. The molecule has 17 heavy (non-hydrogen) atoms. The molecular weight excluding hydrogens is 212 g/mol. The minimum atomic E-state index is 0.364. The van der Waals surface area contributed by atoms with Gasteiger partial charge in [-0.3, -0.25) is 4.98 Å². The smallest absolute Gasteiger partial charge is 0.0590 e. The number of pyridine rings is 1. The third-order valence-electron chi connectivity index (χ3n) is 3.57. The van der Waals surface area contributed by atoms with Crippen LogP contribution in [-0.2, 0) is 11.2 Å². The number of hydrogen-bond acceptors (Lipinski definition) is 3. The van der Waals surface area contributed by atoms with Gasteiger partial charge in [0.15, 0.2) is 0 Å². The van der Waals surface area contributed by atoms with E-state index in [-0.39, 0.29) is 0 Å². The fourth-order valence-corrected chi connectivity index (χ4v) is 2.66. The predicted octanol–water partition coefficient (Wildman–Crippen LogP) is 2.03. The summed E-state index contributed by atoms with van der Waals surface area (Å²) >= 11 is 0. The maximum atomic E-state index is 5.67. The van der Waals surface area contributed by atoms with Crippen molar-refractivity contribution in [2.75, 3.05) is 13.2 Å². The fourth-order valence-electron chi connectivity index (χ4n) is 2.66. The highest BCUT2D eigenvalue weighted by atomic mass is 16.5. The lowest BCUT2D eigenvalue weighted by atomic mass is 9.90. The molecule has 0 aromatic carbocycles. The van der Waals surface area contributed by atoms with Gasteiger partial charge in [-0.2, -0.15) is 0 Å². The quantitative estimate of drug-likeness (QED) is 0.846. The summed E-state index contributed by atoms with van der Waals surface area (Å²) in [5, 5.41) is 3.58. The zero-order chi connectivity index (χ0) is 12.1. The van der Waals surface area contributed by atoms with E-state index in [2.05, 4.69) is 36.3 Å². The summed E-state index contributed by atoms with van der Waals surface area (Å²) in [7, 11) is 0. The highest BCUT2D eigenvalue weighted by Crippen LogP contribution is 2.25. The number of nitrogens with zero attached hydrogens (tertiary/aromatic N) is 1. The van der Waals surface area contributed by atoms with E-state index >= 15 is 0 Å². The Balaban J connectivity index is 2.02. The molecule has 0 spiro atoms. The van der Waals surface area contributed by atoms with Gasteiger partial charge in [0.1, 0.15) is 0 Å². The molecule has 94 valence electrons. The van der Waals surface area contributed by atoms with Crippen molar-refractivity contribution in [2.45, 2.75) is 38.8 Å². The van der Waals surface area contributed by atoms with E-state index < -0.39 is 0 Å². The molecule has 0 amide bonds. The van der Waals surface area contributed by atoms with Gasteiger partial charge in [-0.15, -0.1) is 0 Å². The second-order valence-corrected chi connectivity index (χ2v) is 4.72. The molecule has 0 bridgehead atoms. The molecule has 3 atom stereocenters. The minimum Gasteiger partial charge on any atom is -0.378 e. The van der Waals surface area contributed by atoms with Crippen molar-refractivity contribution in [3.63, 3.8) is 0 Å². The lowest BCUT2D eigenvalue weighted by molar-refractivity contribution is 0.0955. The maximum Gasteiger partial charge on any atom is 0.0590 e. The molecule has 2 rings (SSSR count). The van der Waals surface area contributed by atoms with Gasteiger partial charge in [-0.05, 0) is 32.0 Å². The van der Waals surface area contributed by atoms with E-state index in [1.165, 1.54) is 0 Å². The van der Waals surface area contributed by atoms with Crippen molar-refractivity contribution in [2.24, 2.45) is 5.92 Å². The van der Waals surface area contributed by atoms with E-state index in [1.807, 2.05) is 12.3 Å². The first-order chi connectivity index (χ1) is 8.31. The monoisotopic (exact) mass is 234 g/mol. The Morgan fingerprint density at radius 1 is 1.53 bits per heavy atom. The van der Waals surface area contributed by atoms with Crippen molar-refractivity contribution < 1.29 is 4.74 Å². The summed E-state index contributed by atoms with van der Waals surface area (Å²) < 4.78 is 5.67. The number of aromatic nitrogens is 1. The van der Waals surface area contributed by atoms with Gasteiger partial charge in [0.25, 0.3) is 0 Å². The second-order valence-electron chi connectivity index (χ2n) is 4.72. The molecule has 1 saturated heterocycles. The van der Waals surface area contributed by atoms with Gasteiger partial charge in [-0.25, -0.2) is 0 Å². The Kier molecular flexibility index (Phi) is 4.51. The zero-order valence-corrected chi connectivity index (χ0v) is 10.7. The first-order valence-corrected chi connectivity index (χ1v) is 6.56. The molecule has 1 aromatic rings. The molecule has 0 aliphatic carbocycles. The van der Waals surface area contributed by atoms with Gasteiger partial charge in [0, 0.05) is 36.9 Å². The Bertz CT molecular complexity index is 328. The van der Waals surface area contributed by atoms with Gasteiger partial charge in [0.2, 0.25) is 0 Å². The van der Waals surface area contributed by atoms with Crippen molar-refractivity contribution in [1.82, 2.24) is 10.3 Å². The third kappa shape index (κ3) is 3.27. The van der Waals surface area contributed by atoms with Crippen molar-refractivity contribution in [3.05, 3.63) is 30.1 Å². The van der Waals surface area contributed by atoms with Crippen LogP contribution >= 0.6 is 0 Å². The number of rotatable bonds is 5. The van der Waals surface area contributed by atoms with E-state index in [9.17, 15) is 0 Å². The molecule has 1 aliphatic heterocycles. The van der Waals surface area contributed by atoms with Crippen LogP contribution in [0.1, 0.15) is 26.0 Å². The van der Waals surface area contributed by atoms with Crippen LogP contribution in [0.3, 0.4) is 0 Å². The van der Waals surface area contributed by atoms with Gasteiger partial charge in [0.05, 0.1) is 6.10 Å². The number of ether oxygens (including phenoxy) is 1. The van der Waals surface area contributed by atoms with Crippen LogP contribution in [0.2, 0.25) is 0 Å². The summed E-state index contributed by atoms with van der Waals surface area (Å²) in [6.07, 6.45) is 4.38. The van der Waals surface area contributed by atoms with E-state index in [1.54, 1.807) is 0 Å².